The van der Waals surface area contributed by atoms with Crippen LogP contribution < -0.4 is 4.74 Å². The van der Waals surface area contributed by atoms with E-state index in [-0.39, 0.29) is 11.5 Å². The number of pyridine rings is 1. The summed E-state index contributed by atoms with van der Waals surface area (Å²) in [4.78, 5) is 21.3. The zero-order valence-corrected chi connectivity index (χ0v) is 19.0. The van der Waals surface area contributed by atoms with Gasteiger partial charge in [0.1, 0.15) is 11.4 Å². The van der Waals surface area contributed by atoms with E-state index >= 15 is 0 Å². The number of nitrogens with zero attached hydrogens (tertiary/aromatic N) is 3. The van der Waals surface area contributed by atoms with Crippen molar-refractivity contribution >= 4 is 5.91 Å². The Morgan fingerprint density at radius 1 is 1.28 bits per heavy atom. The molecule has 3 aliphatic heterocycles. The molecule has 4 heterocycles. The number of benzene rings is 1. The van der Waals surface area contributed by atoms with Crippen LogP contribution >= 0.6 is 0 Å². The molecule has 0 aliphatic carbocycles. The summed E-state index contributed by atoms with van der Waals surface area (Å²) < 4.78 is 12.0. The van der Waals surface area contributed by atoms with Gasteiger partial charge in [-0.2, -0.15) is 0 Å². The van der Waals surface area contributed by atoms with Crippen LogP contribution in [0.4, 0.5) is 0 Å². The van der Waals surface area contributed by atoms with Gasteiger partial charge in [0.15, 0.2) is 0 Å². The van der Waals surface area contributed by atoms with Gasteiger partial charge in [-0.3, -0.25) is 9.78 Å². The van der Waals surface area contributed by atoms with Crippen molar-refractivity contribution in [1.29, 1.82) is 0 Å². The van der Waals surface area contributed by atoms with E-state index in [0.29, 0.717) is 12.3 Å². The SMILES string of the molecule is CN(Cc1cccnc1)CC1CCC2(CN(C(=O)Cc3ccc4c(c3)CCCO4)C2)OC1. The highest BCUT2D eigenvalue weighted by molar-refractivity contribution is 5.80. The van der Waals surface area contributed by atoms with Gasteiger partial charge in [-0.1, -0.05) is 18.2 Å². The van der Waals surface area contributed by atoms with Crippen LogP contribution in [-0.4, -0.2) is 66.2 Å². The third-order valence-corrected chi connectivity index (χ3v) is 7.02. The Labute approximate surface area is 190 Å². The van der Waals surface area contributed by atoms with Crippen LogP contribution in [0.1, 0.15) is 36.0 Å². The number of hydrogen-bond acceptors (Lipinski definition) is 5. The van der Waals surface area contributed by atoms with E-state index < -0.39 is 0 Å². The number of aryl methyl sites for hydroxylation is 1. The Morgan fingerprint density at radius 2 is 2.19 bits per heavy atom. The average Bonchev–Trinajstić information content (AvgIpc) is 2.78. The maximum absolute atomic E-state index is 12.8. The lowest BCUT2D eigenvalue weighted by molar-refractivity contribution is -0.189. The molecule has 170 valence electrons. The lowest BCUT2D eigenvalue weighted by Gasteiger charge is -2.53. The van der Waals surface area contributed by atoms with Crippen LogP contribution in [0.5, 0.6) is 5.75 Å². The summed E-state index contributed by atoms with van der Waals surface area (Å²) in [7, 11) is 2.16. The number of aromatic nitrogens is 1. The molecule has 0 saturated carbocycles. The van der Waals surface area contributed by atoms with Gasteiger partial charge in [-0.25, -0.2) is 0 Å². The standard InChI is InChI=1S/C26H33N3O3/c1-28(15-21-4-2-10-27-14-21)16-22-8-9-26(32-17-22)18-29(19-26)25(30)13-20-6-7-24-23(12-20)5-3-11-31-24/h2,4,6-7,10,12,14,22H,3,5,8-9,11,13,15-19H2,1H3. The summed E-state index contributed by atoms with van der Waals surface area (Å²) in [5.41, 5.74) is 3.44. The second-order valence-electron chi connectivity index (χ2n) is 9.78. The number of amides is 1. The van der Waals surface area contributed by atoms with E-state index in [1.54, 1.807) is 0 Å². The maximum atomic E-state index is 12.8. The van der Waals surface area contributed by atoms with Crippen molar-refractivity contribution in [2.45, 2.75) is 44.2 Å². The van der Waals surface area contributed by atoms with E-state index in [1.807, 2.05) is 35.5 Å². The number of ether oxygens (including phenoxy) is 2. The zero-order chi connectivity index (χ0) is 22.0. The molecule has 1 aromatic carbocycles. The fraction of sp³-hybridized carbons (Fsp3) is 0.538. The van der Waals surface area contributed by atoms with Crippen LogP contribution in [-0.2, 0) is 28.9 Å². The normalized spacial score (nSPS) is 21.7. The number of carbonyl (C=O) groups is 1. The van der Waals surface area contributed by atoms with E-state index in [9.17, 15) is 4.79 Å². The third-order valence-electron chi connectivity index (χ3n) is 7.02. The highest BCUT2D eigenvalue weighted by Gasteiger charge is 2.48. The summed E-state index contributed by atoms with van der Waals surface area (Å²) in [5.74, 6) is 1.73. The summed E-state index contributed by atoms with van der Waals surface area (Å²) in [6, 6.07) is 10.3. The van der Waals surface area contributed by atoms with E-state index in [2.05, 4.69) is 29.1 Å². The molecule has 1 amide bonds. The molecule has 0 radical (unpaired) electrons. The second-order valence-corrected chi connectivity index (χ2v) is 9.78. The molecule has 2 saturated heterocycles. The first-order valence-corrected chi connectivity index (χ1v) is 11.8. The summed E-state index contributed by atoms with van der Waals surface area (Å²) in [6.07, 6.45) is 8.49. The van der Waals surface area contributed by atoms with Crippen molar-refractivity contribution in [1.82, 2.24) is 14.8 Å². The molecule has 2 fully saturated rings. The molecule has 0 bridgehead atoms. The Kier molecular flexibility index (Phi) is 6.15. The van der Waals surface area contributed by atoms with Gasteiger partial charge in [0, 0.05) is 25.5 Å². The van der Waals surface area contributed by atoms with Gasteiger partial charge in [0.05, 0.1) is 32.7 Å². The summed E-state index contributed by atoms with van der Waals surface area (Å²) in [5, 5.41) is 0. The van der Waals surface area contributed by atoms with Crippen molar-refractivity contribution in [3.63, 3.8) is 0 Å². The monoisotopic (exact) mass is 435 g/mol. The largest absolute Gasteiger partial charge is 0.493 e. The molecule has 3 aliphatic rings. The van der Waals surface area contributed by atoms with Gasteiger partial charge in [-0.15, -0.1) is 0 Å². The topological polar surface area (TPSA) is 54.9 Å². The molecular formula is C26H33N3O3. The minimum Gasteiger partial charge on any atom is -0.493 e. The minimum atomic E-state index is -0.113. The van der Waals surface area contributed by atoms with Gasteiger partial charge in [-0.05, 0) is 67.5 Å². The number of carbonyl (C=O) groups excluding carboxylic acids is 1. The predicted molar refractivity (Wildman–Crippen MR) is 123 cm³/mol. The molecule has 1 spiro atoms. The van der Waals surface area contributed by atoms with Crippen LogP contribution in [0.25, 0.3) is 0 Å². The van der Waals surface area contributed by atoms with Crippen LogP contribution in [0.2, 0.25) is 0 Å². The first kappa shape index (κ1) is 21.4. The maximum Gasteiger partial charge on any atom is 0.227 e. The Balaban J connectivity index is 1.06. The highest BCUT2D eigenvalue weighted by Crippen LogP contribution is 2.36. The molecule has 2 aromatic rings. The fourth-order valence-corrected chi connectivity index (χ4v) is 5.26. The quantitative estimate of drug-likeness (QED) is 0.698. The highest BCUT2D eigenvalue weighted by atomic mass is 16.5. The van der Waals surface area contributed by atoms with Crippen LogP contribution in [0.3, 0.4) is 0 Å². The van der Waals surface area contributed by atoms with Crippen LogP contribution in [0.15, 0.2) is 42.7 Å². The van der Waals surface area contributed by atoms with Gasteiger partial charge < -0.3 is 19.3 Å². The minimum absolute atomic E-state index is 0.113. The smallest absolute Gasteiger partial charge is 0.227 e. The zero-order valence-electron chi connectivity index (χ0n) is 19.0. The van der Waals surface area contributed by atoms with Crippen LogP contribution in [0, 0.1) is 5.92 Å². The van der Waals surface area contributed by atoms with Crippen molar-refractivity contribution in [2.75, 3.05) is 39.9 Å². The molecule has 1 unspecified atom stereocenters. The van der Waals surface area contributed by atoms with Crippen molar-refractivity contribution in [3.8, 4) is 5.75 Å². The lowest BCUT2D eigenvalue weighted by atomic mass is 9.82. The van der Waals surface area contributed by atoms with Crippen molar-refractivity contribution < 1.29 is 14.3 Å². The van der Waals surface area contributed by atoms with E-state index in [0.717, 1.165) is 76.4 Å². The molecule has 1 aromatic heterocycles. The summed E-state index contributed by atoms with van der Waals surface area (Å²) >= 11 is 0. The number of rotatable bonds is 6. The summed E-state index contributed by atoms with van der Waals surface area (Å²) in [6.45, 7) is 4.98. The average molecular weight is 436 g/mol. The predicted octanol–water partition coefficient (Wildman–Crippen LogP) is 3.09. The molecule has 1 atom stereocenters. The first-order chi connectivity index (χ1) is 15.6. The van der Waals surface area contributed by atoms with E-state index in [1.165, 1.54) is 11.1 Å². The molecular weight excluding hydrogens is 402 g/mol. The second kappa shape index (κ2) is 9.20. The molecule has 5 rings (SSSR count). The third kappa shape index (κ3) is 4.81. The van der Waals surface area contributed by atoms with Gasteiger partial charge >= 0.3 is 0 Å². The fourth-order valence-electron chi connectivity index (χ4n) is 5.26. The molecule has 32 heavy (non-hydrogen) atoms. The Hall–Kier alpha value is -2.44. The molecule has 6 heteroatoms. The van der Waals surface area contributed by atoms with Gasteiger partial charge in [0.2, 0.25) is 5.91 Å². The molecule has 0 N–H and O–H groups in total. The molecule has 6 nitrogen and oxygen atoms in total. The van der Waals surface area contributed by atoms with Crippen molar-refractivity contribution in [2.24, 2.45) is 5.92 Å². The Morgan fingerprint density at radius 3 is 2.97 bits per heavy atom. The number of fused-ring (bicyclic) bond motifs is 1. The van der Waals surface area contributed by atoms with Crippen molar-refractivity contribution in [3.05, 3.63) is 59.4 Å². The Bertz CT molecular complexity index is 933. The van der Waals surface area contributed by atoms with E-state index in [4.69, 9.17) is 9.47 Å². The lowest BCUT2D eigenvalue weighted by Crippen LogP contribution is -2.66. The first-order valence-electron chi connectivity index (χ1n) is 11.8. The number of hydrogen-bond donors (Lipinski definition) is 0. The van der Waals surface area contributed by atoms with Gasteiger partial charge in [0.25, 0.3) is 0 Å². The number of likely N-dealkylation sites (tertiary alicyclic amines) is 1.